The van der Waals surface area contributed by atoms with Gasteiger partial charge in [0, 0.05) is 31.2 Å². The molecule has 5 nitrogen and oxygen atoms in total. The number of ether oxygens (including phenoxy) is 1. The third kappa shape index (κ3) is 3.63. The SMILES string of the molecule is CCCNc1nc(C2CN(CCC)CCO2)ns1. The van der Waals surface area contributed by atoms with E-state index in [4.69, 9.17) is 4.74 Å². The van der Waals surface area contributed by atoms with Gasteiger partial charge >= 0.3 is 0 Å². The first-order valence-corrected chi connectivity index (χ1v) is 7.52. The molecule has 1 unspecified atom stereocenters. The number of hydrogen-bond donors (Lipinski definition) is 1. The first-order valence-electron chi connectivity index (χ1n) is 6.75. The highest BCUT2D eigenvalue weighted by Gasteiger charge is 2.24. The van der Waals surface area contributed by atoms with Crippen LogP contribution in [0.25, 0.3) is 0 Å². The summed E-state index contributed by atoms with van der Waals surface area (Å²) in [7, 11) is 0. The average Bonchev–Trinajstić information content (AvgIpc) is 2.86. The predicted octanol–water partition coefficient (Wildman–Crippen LogP) is 2.14. The summed E-state index contributed by atoms with van der Waals surface area (Å²) in [5.41, 5.74) is 0. The minimum Gasteiger partial charge on any atom is -0.367 e. The van der Waals surface area contributed by atoms with Gasteiger partial charge in [-0.15, -0.1) is 0 Å². The molecule has 1 atom stereocenters. The Kier molecular flexibility index (Phi) is 5.34. The Morgan fingerprint density at radius 2 is 2.33 bits per heavy atom. The summed E-state index contributed by atoms with van der Waals surface area (Å²) in [5, 5.41) is 4.17. The third-order valence-corrected chi connectivity index (χ3v) is 3.63. The van der Waals surface area contributed by atoms with Crippen LogP contribution in [0.4, 0.5) is 5.13 Å². The third-order valence-electron chi connectivity index (χ3n) is 2.95. The van der Waals surface area contributed by atoms with Gasteiger partial charge in [-0.3, -0.25) is 4.90 Å². The van der Waals surface area contributed by atoms with E-state index in [0.717, 1.165) is 50.2 Å². The van der Waals surface area contributed by atoms with E-state index >= 15 is 0 Å². The molecule has 0 radical (unpaired) electrons. The van der Waals surface area contributed by atoms with Crippen molar-refractivity contribution in [1.29, 1.82) is 0 Å². The van der Waals surface area contributed by atoms with Gasteiger partial charge in [-0.1, -0.05) is 13.8 Å². The Balaban J connectivity index is 1.91. The quantitative estimate of drug-likeness (QED) is 0.858. The maximum atomic E-state index is 5.77. The fourth-order valence-corrected chi connectivity index (χ4v) is 2.69. The van der Waals surface area contributed by atoms with Crippen LogP contribution < -0.4 is 5.32 Å². The molecule has 0 aromatic carbocycles. The van der Waals surface area contributed by atoms with Crippen molar-refractivity contribution < 1.29 is 4.74 Å². The van der Waals surface area contributed by atoms with Gasteiger partial charge in [-0.05, 0) is 19.4 Å². The second-order valence-corrected chi connectivity index (χ2v) is 5.30. The smallest absolute Gasteiger partial charge is 0.202 e. The summed E-state index contributed by atoms with van der Waals surface area (Å²) in [6.07, 6.45) is 2.32. The highest BCUT2D eigenvalue weighted by molar-refractivity contribution is 7.09. The number of nitrogens with zero attached hydrogens (tertiary/aromatic N) is 3. The minimum absolute atomic E-state index is 0.0405. The van der Waals surface area contributed by atoms with Crippen LogP contribution in [0.1, 0.15) is 38.6 Å². The maximum absolute atomic E-state index is 5.77. The molecule has 2 heterocycles. The van der Waals surface area contributed by atoms with Crippen LogP contribution in [0.3, 0.4) is 0 Å². The van der Waals surface area contributed by atoms with Crippen molar-refractivity contribution in [2.45, 2.75) is 32.8 Å². The molecule has 1 aromatic rings. The normalized spacial score (nSPS) is 21.1. The standard InChI is InChI=1S/C12H22N4OS/c1-3-5-13-12-14-11(15-18-12)10-9-16(6-4-2)7-8-17-10/h10H,3-9H2,1-2H3,(H,13,14,15). The summed E-state index contributed by atoms with van der Waals surface area (Å²) >= 11 is 1.43. The van der Waals surface area contributed by atoms with Gasteiger partial charge in [0.15, 0.2) is 5.82 Å². The molecule has 0 spiro atoms. The molecular formula is C12H22N4OS. The Labute approximate surface area is 113 Å². The van der Waals surface area contributed by atoms with Gasteiger partial charge in [0.1, 0.15) is 6.10 Å². The largest absolute Gasteiger partial charge is 0.367 e. The maximum Gasteiger partial charge on any atom is 0.202 e. The summed E-state index contributed by atoms with van der Waals surface area (Å²) in [6, 6.07) is 0. The van der Waals surface area contributed by atoms with E-state index in [9.17, 15) is 0 Å². The fraction of sp³-hybridized carbons (Fsp3) is 0.833. The van der Waals surface area contributed by atoms with Crippen LogP contribution in [0.2, 0.25) is 0 Å². The molecule has 1 aliphatic heterocycles. The van der Waals surface area contributed by atoms with Crippen molar-refractivity contribution in [3.8, 4) is 0 Å². The van der Waals surface area contributed by atoms with E-state index in [1.165, 1.54) is 18.0 Å². The molecule has 0 bridgehead atoms. The van der Waals surface area contributed by atoms with E-state index in [0.29, 0.717) is 0 Å². The van der Waals surface area contributed by atoms with E-state index in [1.807, 2.05) is 0 Å². The molecular weight excluding hydrogens is 248 g/mol. The molecule has 102 valence electrons. The molecule has 1 fully saturated rings. The summed E-state index contributed by atoms with van der Waals surface area (Å²) in [5.74, 6) is 0.833. The van der Waals surface area contributed by atoms with Crippen LogP contribution >= 0.6 is 11.5 Å². The molecule has 0 amide bonds. The zero-order valence-electron chi connectivity index (χ0n) is 11.2. The average molecular weight is 270 g/mol. The molecule has 1 aliphatic rings. The number of anilines is 1. The second-order valence-electron chi connectivity index (χ2n) is 4.54. The van der Waals surface area contributed by atoms with Crippen molar-refractivity contribution in [3.05, 3.63) is 5.82 Å². The van der Waals surface area contributed by atoms with Crippen molar-refractivity contribution in [2.75, 3.05) is 38.1 Å². The first-order chi connectivity index (χ1) is 8.83. The fourth-order valence-electron chi connectivity index (χ4n) is 2.05. The van der Waals surface area contributed by atoms with Gasteiger partial charge in [-0.2, -0.15) is 4.37 Å². The Bertz CT molecular complexity index is 356. The summed E-state index contributed by atoms with van der Waals surface area (Å²) in [6.45, 7) is 9.14. The highest BCUT2D eigenvalue weighted by atomic mass is 32.1. The lowest BCUT2D eigenvalue weighted by Gasteiger charge is -2.31. The van der Waals surface area contributed by atoms with Gasteiger partial charge in [0.2, 0.25) is 5.13 Å². The van der Waals surface area contributed by atoms with Crippen LogP contribution in [0, 0.1) is 0 Å². The lowest BCUT2D eigenvalue weighted by atomic mass is 10.2. The van der Waals surface area contributed by atoms with E-state index in [1.54, 1.807) is 0 Å². The monoisotopic (exact) mass is 270 g/mol. The molecule has 1 saturated heterocycles. The molecule has 2 rings (SSSR count). The molecule has 0 saturated carbocycles. The topological polar surface area (TPSA) is 50.3 Å². The van der Waals surface area contributed by atoms with Crippen molar-refractivity contribution in [3.63, 3.8) is 0 Å². The number of nitrogens with one attached hydrogen (secondary N) is 1. The van der Waals surface area contributed by atoms with Crippen LogP contribution in [-0.2, 0) is 4.74 Å². The predicted molar refractivity (Wildman–Crippen MR) is 74.1 cm³/mol. The number of aromatic nitrogens is 2. The van der Waals surface area contributed by atoms with E-state index < -0.39 is 0 Å². The number of hydrogen-bond acceptors (Lipinski definition) is 6. The van der Waals surface area contributed by atoms with E-state index in [2.05, 4.69) is 33.4 Å². The highest BCUT2D eigenvalue weighted by Crippen LogP contribution is 2.23. The molecule has 1 aromatic heterocycles. The van der Waals surface area contributed by atoms with Gasteiger partial charge in [0.25, 0.3) is 0 Å². The van der Waals surface area contributed by atoms with Gasteiger partial charge in [-0.25, -0.2) is 4.98 Å². The molecule has 1 N–H and O–H groups in total. The summed E-state index contributed by atoms with van der Waals surface area (Å²) < 4.78 is 10.2. The molecule has 18 heavy (non-hydrogen) atoms. The van der Waals surface area contributed by atoms with Crippen LogP contribution in [0.5, 0.6) is 0 Å². The first kappa shape index (κ1) is 13.7. The van der Waals surface area contributed by atoms with Gasteiger partial charge < -0.3 is 10.1 Å². The van der Waals surface area contributed by atoms with Crippen molar-refractivity contribution in [1.82, 2.24) is 14.3 Å². The summed E-state index contributed by atoms with van der Waals surface area (Å²) in [4.78, 5) is 6.94. The van der Waals surface area contributed by atoms with Crippen molar-refractivity contribution >= 4 is 16.7 Å². The van der Waals surface area contributed by atoms with E-state index in [-0.39, 0.29) is 6.10 Å². The molecule has 0 aliphatic carbocycles. The Hall–Kier alpha value is -0.720. The zero-order valence-corrected chi connectivity index (χ0v) is 12.0. The second kappa shape index (κ2) is 7.01. The van der Waals surface area contributed by atoms with Gasteiger partial charge in [0.05, 0.1) is 6.61 Å². The lowest BCUT2D eigenvalue weighted by Crippen LogP contribution is -2.39. The number of morpholine rings is 1. The molecule has 6 heteroatoms. The van der Waals surface area contributed by atoms with Crippen molar-refractivity contribution in [2.24, 2.45) is 0 Å². The zero-order chi connectivity index (χ0) is 12.8. The lowest BCUT2D eigenvalue weighted by molar-refractivity contribution is -0.0336. The Morgan fingerprint density at radius 1 is 1.44 bits per heavy atom. The minimum atomic E-state index is 0.0405. The van der Waals surface area contributed by atoms with Crippen LogP contribution in [-0.4, -0.2) is 47.0 Å². The van der Waals surface area contributed by atoms with Crippen LogP contribution in [0.15, 0.2) is 0 Å². The Morgan fingerprint density at radius 3 is 3.11 bits per heavy atom. The number of rotatable bonds is 6.